The fourth-order valence-corrected chi connectivity index (χ4v) is 5.38. The SMILES string of the molecule is N#CC1CCC(OCCCC2CCN(CCCOC3CCC(C#N)CC3)CC2)CC1. The number of likely N-dealkylation sites (tertiary alicyclic amines) is 1. The average molecular weight is 416 g/mol. The fraction of sp³-hybridized carbons (Fsp3) is 0.920. The van der Waals surface area contributed by atoms with Crippen LogP contribution in [0.25, 0.3) is 0 Å². The van der Waals surface area contributed by atoms with Crippen molar-refractivity contribution in [1.29, 1.82) is 10.5 Å². The van der Waals surface area contributed by atoms with Gasteiger partial charge < -0.3 is 14.4 Å². The summed E-state index contributed by atoms with van der Waals surface area (Å²) in [5, 5.41) is 17.9. The van der Waals surface area contributed by atoms with Crippen molar-refractivity contribution < 1.29 is 9.47 Å². The number of hydrogen-bond acceptors (Lipinski definition) is 5. The van der Waals surface area contributed by atoms with Crippen LogP contribution >= 0.6 is 0 Å². The Bertz CT molecular complexity index is 496. The van der Waals surface area contributed by atoms with Gasteiger partial charge in [-0.1, -0.05) is 0 Å². The largest absolute Gasteiger partial charge is 0.378 e. The van der Waals surface area contributed by atoms with Crippen molar-refractivity contribution in [1.82, 2.24) is 4.90 Å². The molecule has 0 aromatic carbocycles. The summed E-state index contributed by atoms with van der Waals surface area (Å²) in [4.78, 5) is 2.61. The Labute approximate surface area is 183 Å². The topological polar surface area (TPSA) is 69.3 Å². The Balaban J connectivity index is 1.14. The minimum absolute atomic E-state index is 0.266. The van der Waals surface area contributed by atoms with Crippen molar-refractivity contribution >= 4 is 0 Å². The van der Waals surface area contributed by atoms with E-state index >= 15 is 0 Å². The summed E-state index contributed by atoms with van der Waals surface area (Å²) < 4.78 is 12.1. The lowest BCUT2D eigenvalue weighted by atomic mass is 9.88. The number of hydrogen-bond donors (Lipinski definition) is 0. The fourth-order valence-electron chi connectivity index (χ4n) is 5.38. The van der Waals surface area contributed by atoms with Crippen molar-refractivity contribution in [3.63, 3.8) is 0 Å². The highest BCUT2D eigenvalue weighted by Crippen LogP contribution is 2.27. The molecule has 168 valence electrons. The molecule has 30 heavy (non-hydrogen) atoms. The minimum atomic E-state index is 0.266. The van der Waals surface area contributed by atoms with E-state index in [-0.39, 0.29) is 11.8 Å². The molecule has 3 fully saturated rings. The first-order valence-electron chi connectivity index (χ1n) is 12.5. The lowest BCUT2D eigenvalue weighted by Gasteiger charge is -2.32. The molecule has 0 atom stereocenters. The van der Waals surface area contributed by atoms with E-state index in [9.17, 15) is 0 Å². The zero-order chi connectivity index (χ0) is 21.0. The van der Waals surface area contributed by atoms with Crippen molar-refractivity contribution in [2.24, 2.45) is 17.8 Å². The highest BCUT2D eigenvalue weighted by Gasteiger charge is 2.23. The molecule has 5 heteroatoms. The van der Waals surface area contributed by atoms with E-state index in [2.05, 4.69) is 17.0 Å². The van der Waals surface area contributed by atoms with E-state index in [4.69, 9.17) is 20.0 Å². The third-order valence-corrected chi connectivity index (χ3v) is 7.50. The van der Waals surface area contributed by atoms with E-state index in [1.807, 2.05) is 0 Å². The van der Waals surface area contributed by atoms with Crippen LogP contribution in [0.15, 0.2) is 0 Å². The van der Waals surface area contributed by atoms with Crippen LogP contribution in [-0.4, -0.2) is 50.0 Å². The number of ether oxygens (including phenoxy) is 2. The molecule has 3 aliphatic rings. The Morgan fingerprint density at radius 3 is 1.67 bits per heavy atom. The van der Waals surface area contributed by atoms with Gasteiger partial charge in [-0.25, -0.2) is 0 Å². The molecule has 0 N–H and O–H groups in total. The van der Waals surface area contributed by atoms with Crippen molar-refractivity contribution in [2.75, 3.05) is 32.8 Å². The van der Waals surface area contributed by atoms with Gasteiger partial charge in [0.05, 0.1) is 24.3 Å². The molecule has 5 nitrogen and oxygen atoms in total. The molecule has 0 radical (unpaired) electrons. The van der Waals surface area contributed by atoms with Crippen LogP contribution in [0.1, 0.15) is 83.5 Å². The quantitative estimate of drug-likeness (QED) is 0.466. The Morgan fingerprint density at radius 2 is 1.17 bits per heavy atom. The number of nitriles is 2. The number of nitrogens with zero attached hydrogens (tertiary/aromatic N) is 3. The highest BCUT2D eigenvalue weighted by molar-refractivity contribution is 4.88. The van der Waals surface area contributed by atoms with Crippen molar-refractivity contribution in [3.8, 4) is 12.1 Å². The molecule has 2 aliphatic carbocycles. The first-order chi connectivity index (χ1) is 14.8. The maximum Gasteiger partial charge on any atom is 0.0655 e. The lowest BCUT2D eigenvalue weighted by molar-refractivity contribution is 0.0148. The van der Waals surface area contributed by atoms with Crippen LogP contribution in [0.5, 0.6) is 0 Å². The normalized spacial score (nSPS) is 31.1. The minimum Gasteiger partial charge on any atom is -0.378 e. The van der Waals surface area contributed by atoms with E-state index in [0.29, 0.717) is 12.2 Å². The molecule has 0 bridgehead atoms. The summed E-state index contributed by atoms with van der Waals surface area (Å²) in [6.07, 6.45) is 15.4. The van der Waals surface area contributed by atoms with Gasteiger partial charge in [0.1, 0.15) is 0 Å². The van der Waals surface area contributed by atoms with Gasteiger partial charge in [-0.2, -0.15) is 10.5 Å². The van der Waals surface area contributed by atoms with Crippen molar-refractivity contribution in [3.05, 3.63) is 0 Å². The van der Waals surface area contributed by atoms with Crippen LogP contribution in [0.2, 0.25) is 0 Å². The molecule has 1 heterocycles. The van der Waals surface area contributed by atoms with Crippen LogP contribution in [-0.2, 0) is 9.47 Å². The van der Waals surface area contributed by atoms with Crippen LogP contribution in [0, 0.1) is 40.4 Å². The van der Waals surface area contributed by atoms with Crippen LogP contribution in [0.4, 0.5) is 0 Å². The van der Waals surface area contributed by atoms with E-state index in [1.165, 1.54) is 38.8 Å². The Morgan fingerprint density at radius 1 is 0.667 bits per heavy atom. The molecular formula is C25H41N3O2. The third-order valence-electron chi connectivity index (χ3n) is 7.50. The smallest absolute Gasteiger partial charge is 0.0655 e. The molecule has 0 unspecified atom stereocenters. The second-order valence-corrected chi connectivity index (χ2v) is 9.73. The van der Waals surface area contributed by atoms with E-state index < -0.39 is 0 Å². The van der Waals surface area contributed by atoms with Crippen LogP contribution < -0.4 is 0 Å². The number of rotatable bonds is 10. The summed E-state index contributed by atoms with van der Waals surface area (Å²) in [5.74, 6) is 1.40. The van der Waals surface area contributed by atoms with Gasteiger partial charge in [-0.3, -0.25) is 0 Å². The molecule has 1 saturated heterocycles. The van der Waals surface area contributed by atoms with E-state index in [1.54, 1.807) is 0 Å². The molecule has 0 amide bonds. The molecular weight excluding hydrogens is 374 g/mol. The van der Waals surface area contributed by atoms with Gasteiger partial charge in [0.15, 0.2) is 0 Å². The lowest BCUT2D eigenvalue weighted by Crippen LogP contribution is -2.35. The predicted molar refractivity (Wildman–Crippen MR) is 118 cm³/mol. The number of piperidine rings is 1. The summed E-state index contributed by atoms with van der Waals surface area (Å²) in [6.45, 7) is 5.40. The Hall–Kier alpha value is -1.14. The van der Waals surface area contributed by atoms with Gasteiger partial charge in [0, 0.05) is 31.6 Å². The van der Waals surface area contributed by atoms with Gasteiger partial charge in [0.2, 0.25) is 0 Å². The summed E-state index contributed by atoms with van der Waals surface area (Å²) in [6, 6.07) is 4.79. The highest BCUT2D eigenvalue weighted by atomic mass is 16.5. The third kappa shape index (κ3) is 8.18. The average Bonchev–Trinajstić information content (AvgIpc) is 2.81. The maximum atomic E-state index is 8.98. The molecule has 0 spiro atoms. The van der Waals surface area contributed by atoms with E-state index in [0.717, 1.165) is 83.5 Å². The predicted octanol–water partition coefficient (Wildman–Crippen LogP) is 5.07. The summed E-state index contributed by atoms with van der Waals surface area (Å²) in [7, 11) is 0. The van der Waals surface area contributed by atoms with Gasteiger partial charge in [-0.05, 0) is 102 Å². The van der Waals surface area contributed by atoms with Gasteiger partial charge >= 0.3 is 0 Å². The zero-order valence-electron chi connectivity index (χ0n) is 18.8. The summed E-state index contributed by atoms with van der Waals surface area (Å²) >= 11 is 0. The first-order valence-corrected chi connectivity index (χ1v) is 12.5. The maximum absolute atomic E-state index is 8.98. The zero-order valence-corrected chi connectivity index (χ0v) is 18.8. The monoisotopic (exact) mass is 415 g/mol. The molecule has 0 aromatic heterocycles. The molecule has 2 saturated carbocycles. The van der Waals surface area contributed by atoms with Gasteiger partial charge in [-0.15, -0.1) is 0 Å². The standard InChI is InChI=1S/C25H41N3O2/c26-19-22-4-8-24(9-5-22)29-17-1-3-21-12-15-28(16-13-21)14-2-18-30-25-10-6-23(20-27)7-11-25/h21-25H,1-18H2. The Kier molecular flexibility index (Phi) is 10.4. The van der Waals surface area contributed by atoms with Gasteiger partial charge in [0.25, 0.3) is 0 Å². The first kappa shape index (κ1) is 23.5. The second kappa shape index (κ2) is 13.3. The van der Waals surface area contributed by atoms with Crippen LogP contribution in [0.3, 0.4) is 0 Å². The summed E-state index contributed by atoms with van der Waals surface area (Å²) in [5.41, 5.74) is 0. The molecule has 0 aromatic rings. The van der Waals surface area contributed by atoms with Crippen molar-refractivity contribution in [2.45, 2.75) is 95.7 Å². The second-order valence-electron chi connectivity index (χ2n) is 9.73. The molecule has 1 aliphatic heterocycles. The molecule has 3 rings (SSSR count).